The molecule has 1 aromatic carbocycles. The van der Waals surface area contributed by atoms with Crippen molar-refractivity contribution in [1.82, 2.24) is 0 Å². The Kier molecular flexibility index (Phi) is 5.27. The summed E-state index contributed by atoms with van der Waals surface area (Å²) in [5.74, 6) is -0.430. The van der Waals surface area contributed by atoms with Gasteiger partial charge in [-0.05, 0) is 36.6 Å². The van der Waals surface area contributed by atoms with E-state index in [-0.39, 0.29) is 6.67 Å². The number of nitrogens with zero attached hydrogens (tertiary/aromatic N) is 1. The number of hydrogen-bond donors (Lipinski definition) is 2. The highest BCUT2D eigenvalue weighted by Gasteiger charge is 2.07. The lowest BCUT2D eigenvalue weighted by Gasteiger charge is -2.08. The van der Waals surface area contributed by atoms with E-state index in [0.29, 0.717) is 5.56 Å². The van der Waals surface area contributed by atoms with Gasteiger partial charge in [-0.3, -0.25) is 9.79 Å². The van der Waals surface area contributed by atoms with Gasteiger partial charge < -0.3 is 11.5 Å². The maximum atomic E-state index is 11.2. The van der Waals surface area contributed by atoms with Crippen molar-refractivity contribution >= 4 is 17.2 Å². The van der Waals surface area contributed by atoms with Crippen LogP contribution in [0, 0.1) is 0 Å². The minimum absolute atomic E-state index is 0.252. The molecule has 1 rings (SSSR count). The number of primary amides is 1. The van der Waals surface area contributed by atoms with E-state index >= 15 is 0 Å². The Morgan fingerprint density at radius 3 is 2.61 bits per heavy atom. The lowest BCUT2D eigenvalue weighted by molar-refractivity contribution is 0.100. The van der Waals surface area contributed by atoms with Crippen molar-refractivity contribution in [3.63, 3.8) is 0 Å². The van der Waals surface area contributed by atoms with E-state index in [1.54, 1.807) is 12.1 Å². The van der Waals surface area contributed by atoms with Crippen LogP contribution in [-0.4, -0.2) is 18.3 Å². The normalized spacial score (nSPS) is 12.6. The summed E-state index contributed by atoms with van der Waals surface area (Å²) < 4.78 is 0. The van der Waals surface area contributed by atoms with Crippen LogP contribution in [0.5, 0.6) is 0 Å². The molecule has 18 heavy (non-hydrogen) atoms. The van der Waals surface area contributed by atoms with Gasteiger partial charge in [-0.2, -0.15) is 0 Å². The quantitative estimate of drug-likeness (QED) is 0.777. The van der Waals surface area contributed by atoms with Crippen LogP contribution in [0.25, 0.3) is 5.57 Å². The third-order valence-electron chi connectivity index (χ3n) is 2.58. The summed E-state index contributed by atoms with van der Waals surface area (Å²) in [5.41, 5.74) is 14.0. The first-order valence-corrected chi connectivity index (χ1v) is 5.92. The zero-order valence-corrected chi connectivity index (χ0v) is 10.8. The van der Waals surface area contributed by atoms with Crippen molar-refractivity contribution in [1.29, 1.82) is 0 Å². The molecule has 0 aromatic heterocycles. The number of carbonyl (C=O) groups is 1. The van der Waals surface area contributed by atoms with Crippen LogP contribution in [0.2, 0.25) is 0 Å². The molecule has 0 radical (unpaired) electrons. The molecular weight excluding hydrogens is 226 g/mol. The summed E-state index contributed by atoms with van der Waals surface area (Å²) in [6.45, 7) is 4.21. The Bertz CT molecular complexity index is 490. The smallest absolute Gasteiger partial charge is 0.248 e. The molecule has 0 fully saturated rings. The molecule has 96 valence electrons. The Morgan fingerprint density at radius 2 is 2.06 bits per heavy atom. The molecule has 0 bridgehead atoms. The first-order valence-electron chi connectivity index (χ1n) is 5.92. The van der Waals surface area contributed by atoms with E-state index < -0.39 is 5.91 Å². The van der Waals surface area contributed by atoms with Gasteiger partial charge >= 0.3 is 0 Å². The van der Waals surface area contributed by atoms with Crippen LogP contribution >= 0.6 is 0 Å². The lowest BCUT2D eigenvalue weighted by Crippen LogP contribution is -2.11. The first kappa shape index (κ1) is 14.1. The minimum Gasteiger partial charge on any atom is -0.366 e. The maximum absolute atomic E-state index is 11.2. The Balaban J connectivity index is 3.23. The van der Waals surface area contributed by atoms with Gasteiger partial charge in [-0.1, -0.05) is 25.1 Å². The minimum atomic E-state index is -0.430. The summed E-state index contributed by atoms with van der Waals surface area (Å²) in [6, 6.07) is 7.22. The third kappa shape index (κ3) is 3.53. The zero-order chi connectivity index (χ0) is 13.5. The number of allylic oxidation sites excluding steroid dienone is 2. The molecule has 0 saturated heterocycles. The number of rotatable bonds is 5. The summed E-state index contributed by atoms with van der Waals surface area (Å²) in [6.07, 6.45) is 2.95. The predicted molar refractivity (Wildman–Crippen MR) is 75.4 cm³/mol. The molecule has 0 unspecified atom stereocenters. The third-order valence-corrected chi connectivity index (χ3v) is 2.58. The van der Waals surface area contributed by atoms with Gasteiger partial charge in [0.25, 0.3) is 0 Å². The summed E-state index contributed by atoms with van der Waals surface area (Å²) in [4.78, 5) is 15.4. The highest BCUT2D eigenvalue weighted by atomic mass is 16.1. The van der Waals surface area contributed by atoms with E-state index in [0.717, 1.165) is 23.3 Å². The molecule has 0 heterocycles. The van der Waals surface area contributed by atoms with Crippen molar-refractivity contribution < 1.29 is 4.79 Å². The van der Waals surface area contributed by atoms with Crippen LogP contribution in [0.15, 0.2) is 35.3 Å². The van der Waals surface area contributed by atoms with Crippen LogP contribution in [-0.2, 0) is 0 Å². The van der Waals surface area contributed by atoms with Gasteiger partial charge in [0.2, 0.25) is 5.91 Å². The molecule has 0 atom stereocenters. The average Bonchev–Trinajstić information content (AvgIpc) is 2.36. The summed E-state index contributed by atoms with van der Waals surface area (Å²) in [7, 11) is 0. The first-order chi connectivity index (χ1) is 8.60. The second-order valence-electron chi connectivity index (χ2n) is 3.90. The number of hydrogen-bond acceptors (Lipinski definition) is 3. The number of aliphatic imine (C=N–C) groups is 1. The fourth-order valence-corrected chi connectivity index (χ4v) is 1.74. The predicted octanol–water partition coefficient (Wildman–Crippen LogP) is 1.96. The molecule has 4 N–H and O–H groups in total. The van der Waals surface area contributed by atoms with Crippen LogP contribution < -0.4 is 11.5 Å². The van der Waals surface area contributed by atoms with Crippen molar-refractivity contribution in [2.75, 3.05) is 6.67 Å². The number of benzene rings is 1. The monoisotopic (exact) mass is 245 g/mol. The Hall–Kier alpha value is -1.94. The molecule has 0 saturated carbocycles. The molecule has 4 nitrogen and oxygen atoms in total. The highest BCUT2D eigenvalue weighted by molar-refractivity contribution is 6.22. The van der Waals surface area contributed by atoms with Crippen LogP contribution in [0.3, 0.4) is 0 Å². The van der Waals surface area contributed by atoms with Gasteiger partial charge in [0.05, 0.1) is 6.67 Å². The molecule has 1 amide bonds. The van der Waals surface area contributed by atoms with E-state index in [9.17, 15) is 4.79 Å². The molecule has 0 aliphatic heterocycles. The standard InChI is InChI=1S/C14H19N3O/c1-3-5-13(10(2)17-9-15)11-6-4-7-12(8-11)14(16)18/h4-8H,3,9,15H2,1-2H3,(H2,16,18)/b13-5+,17-10-. The zero-order valence-electron chi connectivity index (χ0n) is 10.8. The number of carbonyl (C=O) groups excluding carboxylic acids is 1. The summed E-state index contributed by atoms with van der Waals surface area (Å²) >= 11 is 0. The topological polar surface area (TPSA) is 81.5 Å². The van der Waals surface area contributed by atoms with Crippen LogP contribution in [0.1, 0.15) is 36.2 Å². The maximum Gasteiger partial charge on any atom is 0.248 e. The SMILES string of the molecule is CC/C=C(\C(C)=N/CN)c1cccc(C(N)=O)c1. The Morgan fingerprint density at radius 1 is 1.39 bits per heavy atom. The second-order valence-corrected chi connectivity index (χ2v) is 3.90. The number of nitrogens with two attached hydrogens (primary N) is 2. The van der Waals surface area contributed by atoms with Crippen LogP contribution in [0.4, 0.5) is 0 Å². The molecule has 1 aromatic rings. The largest absolute Gasteiger partial charge is 0.366 e. The summed E-state index contributed by atoms with van der Waals surface area (Å²) in [5, 5.41) is 0. The van der Waals surface area contributed by atoms with Crippen molar-refractivity contribution in [3.05, 3.63) is 41.5 Å². The van der Waals surface area contributed by atoms with Gasteiger partial charge in [0.15, 0.2) is 0 Å². The lowest BCUT2D eigenvalue weighted by atomic mass is 9.98. The van der Waals surface area contributed by atoms with Gasteiger partial charge in [-0.15, -0.1) is 0 Å². The van der Waals surface area contributed by atoms with E-state index in [1.807, 2.05) is 26.0 Å². The molecule has 0 aliphatic carbocycles. The molecular formula is C14H19N3O. The Labute approximate surface area is 107 Å². The van der Waals surface area contributed by atoms with E-state index in [4.69, 9.17) is 11.5 Å². The van der Waals surface area contributed by atoms with E-state index in [2.05, 4.69) is 11.1 Å². The van der Waals surface area contributed by atoms with E-state index in [1.165, 1.54) is 0 Å². The van der Waals surface area contributed by atoms with Gasteiger partial charge in [-0.25, -0.2) is 0 Å². The fourth-order valence-electron chi connectivity index (χ4n) is 1.74. The highest BCUT2D eigenvalue weighted by Crippen LogP contribution is 2.18. The van der Waals surface area contributed by atoms with Crippen molar-refractivity contribution in [3.8, 4) is 0 Å². The molecule has 0 aliphatic rings. The van der Waals surface area contributed by atoms with Crippen molar-refractivity contribution in [2.45, 2.75) is 20.3 Å². The second kappa shape index (κ2) is 6.71. The van der Waals surface area contributed by atoms with Crippen molar-refractivity contribution in [2.24, 2.45) is 16.5 Å². The van der Waals surface area contributed by atoms with Gasteiger partial charge in [0, 0.05) is 11.3 Å². The fraction of sp³-hybridized carbons (Fsp3) is 0.286. The average molecular weight is 245 g/mol. The molecule has 4 heteroatoms. The number of amides is 1. The molecule has 0 spiro atoms. The van der Waals surface area contributed by atoms with Gasteiger partial charge in [0.1, 0.15) is 0 Å².